The van der Waals surface area contributed by atoms with Gasteiger partial charge in [-0.2, -0.15) is 0 Å². The zero-order valence-corrected chi connectivity index (χ0v) is 8.77. The third-order valence-corrected chi connectivity index (χ3v) is 2.96. The molecule has 0 heteroatoms. The van der Waals surface area contributed by atoms with Gasteiger partial charge in [0.2, 0.25) is 0 Å². The van der Waals surface area contributed by atoms with E-state index in [1.807, 2.05) is 0 Å². The molecule has 14 heavy (non-hydrogen) atoms. The number of benzene rings is 1. The van der Waals surface area contributed by atoms with Gasteiger partial charge in [0.1, 0.15) is 0 Å². The molecule has 0 amide bonds. The second-order valence-corrected chi connectivity index (χ2v) is 4.07. The van der Waals surface area contributed by atoms with Gasteiger partial charge >= 0.3 is 0 Å². The minimum atomic E-state index is 0.648. The van der Waals surface area contributed by atoms with Gasteiger partial charge in [0.15, 0.2) is 0 Å². The first kappa shape index (κ1) is 9.26. The summed E-state index contributed by atoms with van der Waals surface area (Å²) < 4.78 is 0. The molecule has 1 aromatic rings. The van der Waals surface area contributed by atoms with E-state index in [9.17, 15) is 0 Å². The van der Waals surface area contributed by atoms with Gasteiger partial charge in [-0.05, 0) is 23.0 Å². The van der Waals surface area contributed by atoms with E-state index in [4.69, 9.17) is 0 Å². The minimum absolute atomic E-state index is 0.648. The second kappa shape index (κ2) is 3.83. The molecule has 1 aliphatic carbocycles. The van der Waals surface area contributed by atoms with Gasteiger partial charge in [-0.3, -0.25) is 0 Å². The summed E-state index contributed by atoms with van der Waals surface area (Å²) in [5.41, 5.74) is 2.68. The number of hydrogen-bond acceptors (Lipinski definition) is 0. The van der Waals surface area contributed by atoms with Crippen LogP contribution in [0.3, 0.4) is 0 Å². The fraction of sp³-hybridized carbons (Fsp3) is 0.286. The van der Waals surface area contributed by atoms with E-state index < -0.39 is 0 Å². The summed E-state index contributed by atoms with van der Waals surface area (Å²) >= 11 is 0. The third-order valence-electron chi connectivity index (χ3n) is 2.96. The zero-order chi connectivity index (χ0) is 9.97. The Hall–Kier alpha value is -1.30. The number of allylic oxidation sites excluding steroid dienone is 4. The second-order valence-electron chi connectivity index (χ2n) is 4.07. The van der Waals surface area contributed by atoms with Gasteiger partial charge in [-0.15, -0.1) is 0 Å². The summed E-state index contributed by atoms with van der Waals surface area (Å²) in [6.45, 7) is 4.54. The van der Waals surface area contributed by atoms with Crippen LogP contribution in [0.5, 0.6) is 0 Å². The Balaban J connectivity index is 2.30. The van der Waals surface area contributed by atoms with Crippen LogP contribution in [0, 0.1) is 11.8 Å². The van der Waals surface area contributed by atoms with Gasteiger partial charge in [0.25, 0.3) is 0 Å². The predicted octanol–water partition coefficient (Wildman–Crippen LogP) is 3.91. The maximum Gasteiger partial charge on any atom is -0.0187 e. The van der Waals surface area contributed by atoms with Crippen molar-refractivity contribution in [3.63, 3.8) is 0 Å². The highest BCUT2D eigenvalue weighted by Gasteiger charge is 2.12. The molecular formula is C14H16. The maximum absolute atomic E-state index is 2.36. The SMILES string of the molecule is CC1C=CC(c2ccccc2)=CC1C. The normalized spacial score (nSPS) is 26.0. The first-order valence-electron chi connectivity index (χ1n) is 5.23. The Labute approximate surface area is 86.0 Å². The molecule has 0 heterocycles. The molecule has 1 aromatic carbocycles. The van der Waals surface area contributed by atoms with Crippen molar-refractivity contribution in [3.05, 3.63) is 54.1 Å². The quantitative estimate of drug-likeness (QED) is 0.620. The summed E-state index contributed by atoms with van der Waals surface area (Å²) in [7, 11) is 0. The highest BCUT2D eigenvalue weighted by molar-refractivity contribution is 5.75. The molecule has 0 N–H and O–H groups in total. The monoisotopic (exact) mass is 184 g/mol. The average molecular weight is 184 g/mol. The summed E-state index contributed by atoms with van der Waals surface area (Å²) in [5, 5.41) is 0. The first-order valence-corrected chi connectivity index (χ1v) is 5.23. The van der Waals surface area contributed by atoms with E-state index in [-0.39, 0.29) is 0 Å². The average Bonchev–Trinajstić information content (AvgIpc) is 2.23. The van der Waals surface area contributed by atoms with Gasteiger partial charge in [0.05, 0.1) is 0 Å². The van der Waals surface area contributed by atoms with Crippen LogP contribution >= 0.6 is 0 Å². The molecule has 0 fully saturated rings. The minimum Gasteiger partial charge on any atom is -0.0805 e. The van der Waals surface area contributed by atoms with Crippen molar-refractivity contribution in [1.82, 2.24) is 0 Å². The molecule has 72 valence electrons. The molecule has 1 aliphatic rings. The highest BCUT2D eigenvalue weighted by atomic mass is 14.2. The molecule has 0 radical (unpaired) electrons. The van der Waals surface area contributed by atoms with Crippen LogP contribution in [-0.4, -0.2) is 0 Å². The van der Waals surface area contributed by atoms with Crippen molar-refractivity contribution in [1.29, 1.82) is 0 Å². The smallest absolute Gasteiger partial charge is 0.0187 e. The topological polar surface area (TPSA) is 0 Å². The van der Waals surface area contributed by atoms with Crippen molar-refractivity contribution in [3.8, 4) is 0 Å². The van der Waals surface area contributed by atoms with Crippen LogP contribution in [0.1, 0.15) is 19.4 Å². The van der Waals surface area contributed by atoms with E-state index in [2.05, 4.69) is 62.4 Å². The van der Waals surface area contributed by atoms with E-state index >= 15 is 0 Å². The lowest BCUT2D eigenvalue weighted by atomic mass is 9.86. The van der Waals surface area contributed by atoms with Crippen LogP contribution in [0.25, 0.3) is 5.57 Å². The molecular weight excluding hydrogens is 168 g/mol. The van der Waals surface area contributed by atoms with Crippen molar-refractivity contribution in [2.75, 3.05) is 0 Å². The molecule has 2 unspecified atom stereocenters. The number of hydrogen-bond donors (Lipinski definition) is 0. The van der Waals surface area contributed by atoms with Crippen LogP contribution in [-0.2, 0) is 0 Å². The Morgan fingerprint density at radius 2 is 1.64 bits per heavy atom. The Kier molecular flexibility index (Phi) is 2.53. The van der Waals surface area contributed by atoms with Crippen LogP contribution in [0.2, 0.25) is 0 Å². The van der Waals surface area contributed by atoms with E-state index in [0.717, 1.165) is 0 Å². The van der Waals surface area contributed by atoms with E-state index in [1.54, 1.807) is 0 Å². The molecule has 0 saturated heterocycles. The van der Waals surface area contributed by atoms with Crippen molar-refractivity contribution in [2.45, 2.75) is 13.8 Å². The van der Waals surface area contributed by atoms with Gasteiger partial charge < -0.3 is 0 Å². The Bertz CT molecular complexity index is 357. The van der Waals surface area contributed by atoms with Crippen LogP contribution < -0.4 is 0 Å². The summed E-state index contributed by atoms with van der Waals surface area (Å²) in [6, 6.07) is 10.6. The zero-order valence-electron chi connectivity index (χ0n) is 8.77. The van der Waals surface area contributed by atoms with E-state index in [1.165, 1.54) is 11.1 Å². The molecule has 0 saturated carbocycles. The Morgan fingerprint density at radius 1 is 0.929 bits per heavy atom. The van der Waals surface area contributed by atoms with Crippen molar-refractivity contribution < 1.29 is 0 Å². The van der Waals surface area contributed by atoms with Gasteiger partial charge in [0, 0.05) is 0 Å². The lowest BCUT2D eigenvalue weighted by molar-refractivity contribution is 0.554. The fourth-order valence-electron chi connectivity index (χ4n) is 1.74. The molecule has 0 aliphatic heterocycles. The maximum atomic E-state index is 2.36. The van der Waals surface area contributed by atoms with Gasteiger partial charge in [-0.25, -0.2) is 0 Å². The van der Waals surface area contributed by atoms with Crippen LogP contribution in [0.15, 0.2) is 48.6 Å². The fourth-order valence-corrected chi connectivity index (χ4v) is 1.74. The third kappa shape index (κ3) is 1.79. The largest absolute Gasteiger partial charge is 0.0805 e. The van der Waals surface area contributed by atoms with Gasteiger partial charge in [-0.1, -0.05) is 62.4 Å². The van der Waals surface area contributed by atoms with Crippen molar-refractivity contribution in [2.24, 2.45) is 11.8 Å². The molecule has 0 aromatic heterocycles. The molecule has 2 atom stereocenters. The lowest BCUT2D eigenvalue weighted by Crippen LogP contribution is -2.06. The lowest BCUT2D eigenvalue weighted by Gasteiger charge is -2.19. The standard InChI is InChI=1S/C14H16/c1-11-8-9-14(10-12(11)2)13-6-4-3-5-7-13/h3-12H,1-2H3. The summed E-state index contributed by atoms with van der Waals surface area (Å²) in [5.74, 6) is 1.32. The molecule has 0 bridgehead atoms. The highest BCUT2D eigenvalue weighted by Crippen LogP contribution is 2.27. The molecule has 2 rings (SSSR count). The first-order chi connectivity index (χ1) is 6.77. The van der Waals surface area contributed by atoms with Crippen molar-refractivity contribution >= 4 is 5.57 Å². The Morgan fingerprint density at radius 3 is 2.29 bits per heavy atom. The number of rotatable bonds is 1. The molecule has 0 spiro atoms. The summed E-state index contributed by atoms with van der Waals surface area (Å²) in [4.78, 5) is 0. The molecule has 0 nitrogen and oxygen atoms in total. The summed E-state index contributed by atoms with van der Waals surface area (Å²) in [6.07, 6.45) is 6.90. The predicted molar refractivity (Wildman–Crippen MR) is 61.9 cm³/mol. The van der Waals surface area contributed by atoms with Crippen LogP contribution in [0.4, 0.5) is 0 Å². The van der Waals surface area contributed by atoms with E-state index in [0.29, 0.717) is 11.8 Å².